The molecule has 3 heteroatoms. The molecular weight excluding hydrogens is 227 g/mol. The Labute approximate surface area is 140 Å². The molecule has 16 heavy (non-hydrogen) atoms. The molecule has 2 nitrogen and oxygen atoms in total. The van der Waals surface area contributed by atoms with E-state index in [9.17, 15) is 9.90 Å². The van der Waals surface area contributed by atoms with Crippen molar-refractivity contribution in [2.24, 2.45) is 0 Å². The molecule has 0 saturated heterocycles. The van der Waals surface area contributed by atoms with Crippen molar-refractivity contribution in [3.05, 3.63) is 60.1 Å². The van der Waals surface area contributed by atoms with Gasteiger partial charge in [-0.15, -0.1) is 0 Å². The second kappa shape index (κ2) is 6.32. The zero-order valence-electron chi connectivity index (χ0n) is 10.9. The van der Waals surface area contributed by atoms with E-state index in [1.165, 1.54) is 12.1 Å². The molecule has 0 amide bonds. The largest absolute Gasteiger partial charge is 1.00 e. The van der Waals surface area contributed by atoms with Crippen LogP contribution in [-0.2, 0) is 0 Å². The molecule has 0 aliphatic rings. The summed E-state index contributed by atoms with van der Waals surface area (Å²) >= 11 is 0. The van der Waals surface area contributed by atoms with E-state index in [1.807, 2.05) is 0 Å². The molecule has 0 aliphatic carbocycles. The summed E-state index contributed by atoms with van der Waals surface area (Å²) in [4.78, 5) is 11.0. The molecule has 0 saturated carbocycles. The average molecular weight is 240 g/mol. The molecule has 0 radical (unpaired) electrons. The Hall–Kier alpha value is -0.454. The van der Waals surface area contributed by atoms with Gasteiger partial charge in [0.1, 0.15) is 0 Å². The number of benzene rings is 2. The fourth-order valence-electron chi connectivity index (χ4n) is 1.42. The molecular formula is C13H9KO2. The van der Waals surface area contributed by atoms with Crippen LogP contribution in [0.25, 0.3) is 11.1 Å². The van der Waals surface area contributed by atoms with E-state index in [2.05, 4.69) is 0 Å². The number of carbonyl (C=O) groups excluding carboxylic acids is 1. The van der Waals surface area contributed by atoms with E-state index in [4.69, 9.17) is 2.74 Å². The second-order valence-corrected chi connectivity index (χ2v) is 3.05. The van der Waals surface area contributed by atoms with Gasteiger partial charge in [0, 0.05) is 5.56 Å². The summed E-state index contributed by atoms with van der Waals surface area (Å²) in [5.41, 5.74) is 1.19. The van der Waals surface area contributed by atoms with Crippen LogP contribution in [0, 0.1) is 0 Å². The Morgan fingerprint density at radius 3 is 2.31 bits per heavy atom. The van der Waals surface area contributed by atoms with Gasteiger partial charge in [0.2, 0.25) is 0 Å². The number of aromatic carboxylic acids is 1. The Bertz CT molecular complexity index is 568. The summed E-state index contributed by atoms with van der Waals surface area (Å²) < 4.78 is 14.8. The van der Waals surface area contributed by atoms with Crippen molar-refractivity contribution in [2.75, 3.05) is 0 Å². The molecule has 0 fully saturated rings. The fourth-order valence-corrected chi connectivity index (χ4v) is 1.42. The first-order valence-corrected chi connectivity index (χ1v) is 4.47. The molecule has 2 aromatic carbocycles. The van der Waals surface area contributed by atoms with Crippen molar-refractivity contribution in [3.63, 3.8) is 0 Å². The molecule has 0 bridgehead atoms. The van der Waals surface area contributed by atoms with Gasteiger partial charge >= 0.3 is 51.4 Å². The second-order valence-electron chi connectivity index (χ2n) is 3.05. The monoisotopic (exact) mass is 240 g/mol. The molecule has 0 unspecified atom stereocenters. The molecule has 2 aromatic rings. The van der Waals surface area contributed by atoms with Crippen LogP contribution in [-0.4, -0.2) is 5.97 Å². The van der Waals surface area contributed by atoms with E-state index in [1.54, 1.807) is 30.3 Å². The van der Waals surface area contributed by atoms with Gasteiger partial charge in [0.15, 0.2) is 0 Å². The smallest absolute Gasteiger partial charge is 0.545 e. The standard InChI is InChI=1S/C13H10O2.K/c14-13(15)12-9-5-4-8-11(12)10-6-2-1-3-7-10;/h1-9H,(H,14,15);/q;+1/p-1/i1T,5T;. The van der Waals surface area contributed by atoms with Crippen LogP contribution in [0.1, 0.15) is 13.1 Å². The number of rotatable bonds is 2. The van der Waals surface area contributed by atoms with Crippen molar-refractivity contribution in [3.8, 4) is 11.1 Å². The number of hydrogen-bond donors (Lipinski definition) is 0. The van der Waals surface area contributed by atoms with E-state index in [0.717, 1.165) is 0 Å². The Morgan fingerprint density at radius 2 is 1.69 bits per heavy atom. The molecule has 0 aliphatic heterocycles. The van der Waals surface area contributed by atoms with Crippen molar-refractivity contribution >= 4 is 5.97 Å². The molecule has 74 valence electrons. The number of hydrogen-bond acceptors (Lipinski definition) is 2. The first kappa shape index (κ1) is 10.7. The van der Waals surface area contributed by atoms with Gasteiger partial charge < -0.3 is 9.90 Å². The molecule has 0 N–H and O–H groups in total. The predicted octanol–water partition coefficient (Wildman–Crippen LogP) is -1.28. The maximum atomic E-state index is 11.0. The molecule has 0 atom stereocenters. The van der Waals surface area contributed by atoms with Gasteiger partial charge in [-0.25, -0.2) is 0 Å². The summed E-state index contributed by atoms with van der Waals surface area (Å²) in [6.07, 6.45) is 0. The topological polar surface area (TPSA) is 40.1 Å². The summed E-state index contributed by atoms with van der Waals surface area (Å²) in [5.74, 6) is -1.30. The number of carboxylic acid groups (broad SMARTS) is 1. The third kappa shape index (κ3) is 3.03. The van der Waals surface area contributed by atoms with Crippen LogP contribution in [0.2, 0.25) is 0 Å². The van der Waals surface area contributed by atoms with Gasteiger partial charge in [-0.3, -0.25) is 0 Å². The minimum atomic E-state index is -1.30. The van der Waals surface area contributed by atoms with E-state index >= 15 is 0 Å². The van der Waals surface area contributed by atoms with Gasteiger partial charge in [0.25, 0.3) is 0 Å². The number of carbonyl (C=O) groups is 1. The maximum Gasteiger partial charge on any atom is 1.00 e. The molecule has 0 spiro atoms. The maximum absolute atomic E-state index is 11.0. The van der Waals surface area contributed by atoms with Gasteiger partial charge in [-0.2, -0.15) is 0 Å². The minimum absolute atomic E-state index is 0. The summed E-state index contributed by atoms with van der Waals surface area (Å²) in [7, 11) is 0. The van der Waals surface area contributed by atoms with Gasteiger partial charge in [0.05, 0.1) is 8.71 Å². The molecule has 0 aromatic heterocycles. The average Bonchev–Trinajstić information content (AvgIpc) is 2.30. The summed E-state index contributed by atoms with van der Waals surface area (Å²) in [6.45, 7) is 0. The summed E-state index contributed by atoms with van der Waals surface area (Å²) in [5, 5.41) is 11.0. The first-order valence-electron chi connectivity index (χ1n) is 5.47. The fraction of sp³-hybridized carbons (Fsp3) is 0. The van der Waals surface area contributed by atoms with Crippen molar-refractivity contribution < 1.29 is 64.0 Å². The van der Waals surface area contributed by atoms with Crippen LogP contribution in [0.4, 0.5) is 0 Å². The van der Waals surface area contributed by atoms with Gasteiger partial charge in [-0.1, -0.05) is 54.5 Å². The third-order valence-corrected chi connectivity index (χ3v) is 2.11. The number of carboxylic acids is 1. The third-order valence-electron chi connectivity index (χ3n) is 2.11. The Balaban J connectivity index is 0.00000162. The van der Waals surface area contributed by atoms with Crippen molar-refractivity contribution in [2.45, 2.75) is 0 Å². The zero-order valence-corrected chi connectivity index (χ0v) is 12.0. The van der Waals surface area contributed by atoms with Crippen LogP contribution in [0.5, 0.6) is 0 Å². The van der Waals surface area contributed by atoms with E-state index < -0.39 is 5.97 Å². The van der Waals surface area contributed by atoms with Crippen LogP contribution in [0.3, 0.4) is 0 Å². The van der Waals surface area contributed by atoms with Crippen LogP contribution >= 0.6 is 0 Å². The van der Waals surface area contributed by atoms with E-state index in [-0.39, 0.29) is 63.0 Å². The minimum Gasteiger partial charge on any atom is -0.545 e. The predicted molar refractivity (Wildman–Crippen MR) is 56.2 cm³/mol. The van der Waals surface area contributed by atoms with E-state index in [0.29, 0.717) is 17.2 Å². The van der Waals surface area contributed by atoms with Crippen LogP contribution < -0.4 is 56.5 Å². The normalized spacial score (nSPS) is 11.0. The quantitative estimate of drug-likeness (QED) is 0.614. The summed E-state index contributed by atoms with van der Waals surface area (Å²) in [6, 6.07) is 11.4. The Morgan fingerprint density at radius 1 is 1.06 bits per heavy atom. The zero-order chi connectivity index (χ0) is 12.4. The van der Waals surface area contributed by atoms with Crippen LogP contribution in [0.15, 0.2) is 54.5 Å². The van der Waals surface area contributed by atoms with Crippen molar-refractivity contribution in [1.82, 2.24) is 0 Å². The van der Waals surface area contributed by atoms with Gasteiger partial charge in [-0.05, 0) is 11.1 Å². The molecule has 2 rings (SSSR count). The van der Waals surface area contributed by atoms with Crippen molar-refractivity contribution in [1.29, 1.82) is 0 Å². The first-order chi connectivity index (χ1) is 8.08. The SMILES string of the molecule is [3H]c1ccc(-c2ccc([3H])cc2C(=O)[O-])cc1.[K+]. The molecule has 0 heterocycles. The Kier molecular flexibility index (Phi) is 4.22.